The number of carboxylic acids is 1. The highest BCUT2D eigenvalue weighted by atomic mass is 16.4. The second-order valence-electron chi connectivity index (χ2n) is 5.62. The molecule has 3 N–H and O–H groups in total. The van der Waals surface area contributed by atoms with Gasteiger partial charge in [-0.25, -0.2) is 4.79 Å². The van der Waals surface area contributed by atoms with Gasteiger partial charge >= 0.3 is 5.97 Å². The van der Waals surface area contributed by atoms with E-state index in [1.54, 1.807) is 26.0 Å². The van der Waals surface area contributed by atoms with E-state index in [2.05, 4.69) is 0 Å². The summed E-state index contributed by atoms with van der Waals surface area (Å²) in [6, 6.07) is 6.45. The van der Waals surface area contributed by atoms with Crippen LogP contribution in [0.5, 0.6) is 0 Å². The van der Waals surface area contributed by atoms with Gasteiger partial charge < -0.3 is 10.8 Å². The summed E-state index contributed by atoms with van der Waals surface area (Å²) in [5.74, 6) is -1.23. The summed E-state index contributed by atoms with van der Waals surface area (Å²) >= 11 is 0. The summed E-state index contributed by atoms with van der Waals surface area (Å²) in [5, 5.41) is 9.28. The van der Waals surface area contributed by atoms with Gasteiger partial charge in [0, 0.05) is 24.1 Å². The van der Waals surface area contributed by atoms with E-state index < -0.39 is 17.6 Å². The molecule has 0 saturated heterocycles. The third-order valence-electron chi connectivity index (χ3n) is 3.14. The SMILES string of the molecule is CC(C)(N)CC(=O)N1c2ccccc2C[C@H]1C(=O)O. The van der Waals surface area contributed by atoms with Crippen LogP contribution in [0.25, 0.3) is 0 Å². The average Bonchev–Trinajstić information content (AvgIpc) is 2.65. The molecule has 0 radical (unpaired) electrons. The smallest absolute Gasteiger partial charge is 0.327 e. The van der Waals surface area contributed by atoms with E-state index in [9.17, 15) is 14.7 Å². The minimum Gasteiger partial charge on any atom is -0.480 e. The highest BCUT2D eigenvalue weighted by Crippen LogP contribution is 2.33. The van der Waals surface area contributed by atoms with Gasteiger partial charge in [-0.2, -0.15) is 0 Å². The van der Waals surface area contributed by atoms with E-state index in [1.165, 1.54) is 4.90 Å². The number of anilines is 1. The maximum atomic E-state index is 12.3. The lowest BCUT2D eigenvalue weighted by Gasteiger charge is -2.26. The van der Waals surface area contributed by atoms with Gasteiger partial charge in [0.2, 0.25) is 5.91 Å². The molecule has 1 atom stereocenters. The van der Waals surface area contributed by atoms with Crippen molar-refractivity contribution in [2.45, 2.75) is 38.3 Å². The van der Waals surface area contributed by atoms with Gasteiger partial charge in [0.05, 0.1) is 0 Å². The molecule has 1 heterocycles. The molecule has 0 fully saturated rings. The van der Waals surface area contributed by atoms with Gasteiger partial charge in [-0.3, -0.25) is 9.69 Å². The summed E-state index contributed by atoms with van der Waals surface area (Å²) in [6.07, 6.45) is 0.466. The number of carbonyl (C=O) groups excluding carboxylic acids is 1. The van der Waals surface area contributed by atoms with Crippen LogP contribution in [0, 0.1) is 0 Å². The lowest BCUT2D eigenvalue weighted by molar-refractivity contribution is -0.140. The maximum Gasteiger partial charge on any atom is 0.327 e. The van der Waals surface area contributed by atoms with Crippen LogP contribution in [-0.2, 0) is 16.0 Å². The van der Waals surface area contributed by atoms with Crippen LogP contribution in [0.4, 0.5) is 5.69 Å². The van der Waals surface area contributed by atoms with Crippen LogP contribution in [-0.4, -0.2) is 28.6 Å². The second kappa shape index (κ2) is 4.66. The van der Waals surface area contributed by atoms with Crippen LogP contribution in [0.15, 0.2) is 24.3 Å². The highest BCUT2D eigenvalue weighted by Gasteiger charge is 2.39. The molecular weight excluding hydrogens is 244 g/mol. The normalized spacial score (nSPS) is 18.3. The number of nitrogens with two attached hydrogens (primary N) is 1. The zero-order chi connectivity index (χ0) is 14.2. The van der Waals surface area contributed by atoms with E-state index >= 15 is 0 Å². The first kappa shape index (κ1) is 13.5. The summed E-state index contributed by atoms with van der Waals surface area (Å²) in [6.45, 7) is 3.51. The zero-order valence-corrected chi connectivity index (χ0v) is 11.1. The van der Waals surface area contributed by atoms with E-state index in [0.717, 1.165) is 5.56 Å². The molecule has 0 saturated carbocycles. The molecule has 1 aromatic carbocycles. The maximum absolute atomic E-state index is 12.3. The third-order valence-corrected chi connectivity index (χ3v) is 3.14. The summed E-state index contributed by atoms with van der Waals surface area (Å²) in [7, 11) is 0. The van der Waals surface area contributed by atoms with Crippen molar-refractivity contribution in [3.05, 3.63) is 29.8 Å². The number of hydrogen-bond acceptors (Lipinski definition) is 3. The van der Waals surface area contributed by atoms with Gasteiger partial charge in [-0.15, -0.1) is 0 Å². The fourth-order valence-corrected chi connectivity index (χ4v) is 2.37. The molecule has 2 rings (SSSR count). The second-order valence-corrected chi connectivity index (χ2v) is 5.62. The van der Waals surface area contributed by atoms with Gasteiger partial charge in [0.15, 0.2) is 0 Å². The molecular formula is C14H18N2O3. The number of hydrogen-bond donors (Lipinski definition) is 2. The fraction of sp³-hybridized carbons (Fsp3) is 0.429. The molecule has 1 amide bonds. The Hall–Kier alpha value is -1.88. The number of benzene rings is 1. The van der Waals surface area contributed by atoms with Crippen LogP contribution < -0.4 is 10.6 Å². The van der Waals surface area contributed by atoms with Crippen LogP contribution in [0.2, 0.25) is 0 Å². The molecule has 5 heteroatoms. The Labute approximate surface area is 112 Å². The molecule has 102 valence electrons. The molecule has 19 heavy (non-hydrogen) atoms. The van der Waals surface area contributed by atoms with Gasteiger partial charge in [0.1, 0.15) is 6.04 Å². The topological polar surface area (TPSA) is 83.6 Å². The Morgan fingerprint density at radius 2 is 2.05 bits per heavy atom. The summed E-state index contributed by atoms with van der Waals surface area (Å²) in [4.78, 5) is 25.0. The molecule has 0 aliphatic carbocycles. The monoisotopic (exact) mass is 262 g/mol. The van der Waals surface area contributed by atoms with Gasteiger partial charge in [0.25, 0.3) is 0 Å². The molecule has 0 unspecified atom stereocenters. The quantitative estimate of drug-likeness (QED) is 0.856. The number of rotatable bonds is 3. The number of carboxylic acid groups (broad SMARTS) is 1. The van der Waals surface area contributed by atoms with Crippen molar-refractivity contribution in [3.8, 4) is 0 Å². The van der Waals surface area contributed by atoms with Gasteiger partial charge in [-0.05, 0) is 25.5 Å². The van der Waals surface area contributed by atoms with Crippen LogP contribution in [0.3, 0.4) is 0 Å². The molecule has 1 aliphatic heterocycles. The molecule has 0 aromatic heterocycles. The number of carbonyl (C=O) groups is 2. The Bertz CT molecular complexity index is 520. The average molecular weight is 262 g/mol. The predicted molar refractivity (Wildman–Crippen MR) is 71.9 cm³/mol. The minimum absolute atomic E-state index is 0.116. The number of amides is 1. The van der Waals surface area contributed by atoms with Gasteiger partial charge in [-0.1, -0.05) is 18.2 Å². The predicted octanol–water partition coefficient (Wildman–Crippen LogP) is 1.16. The standard InChI is InChI=1S/C14H18N2O3/c1-14(2,15)8-12(17)16-10-6-4-3-5-9(10)7-11(16)13(18)19/h3-6,11H,7-8,15H2,1-2H3,(H,18,19)/t11-/m0/s1. The number of fused-ring (bicyclic) bond motifs is 1. The lowest BCUT2D eigenvalue weighted by atomic mass is 10.0. The lowest BCUT2D eigenvalue weighted by Crippen LogP contribution is -2.47. The Morgan fingerprint density at radius 3 is 2.63 bits per heavy atom. The van der Waals surface area contributed by atoms with E-state index in [0.29, 0.717) is 12.1 Å². The Morgan fingerprint density at radius 1 is 1.42 bits per heavy atom. The van der Waals surface area contributed by atoms with Crippen molar-refractivity contribution in [2.24, 2.45) is 5.73 Å². The Kier molecular flexibility index (Phi) is 3.32. The first-order chi connectivity index (χ1) is 8.79. The van der Waals surface area contributed by atoms with E-state index in [4.69, 9.17) is 5.73 Å². The fourth-order valence-electron chi connectivity index (χ4n) is 2.37. The van der Waals surface area contributed by atoms with Crippen molar-refractivity contribution in [1.82, 2.24) is 0 Å². The molecule has 5 nitrogen and oxygen atoms in total. The van der Waals surface area contributed by atoms with Crippen LogP contribution in [0.1, 0.15) is 25.8 Å². The third kappa shape index (κ3) is 2.76. The first-order valence-electron chi connectivity index (χ1n) is 6.21. The summed E-state index contributed by atoms with van der Waals surface area (Å²) in [5.41, 5.74) is 6.77. The largest absolute Gasteiger partial charge is 0.480 e. The zero-order valence-electron chi connectivity index (χ0n) is 11.1. The first-order valence-corrected chi connectivity index (χ1v) is 6.21. The van der Waals surface area contributed by atoms with Crippen molar-refractivity contribution in [1.29, 1.82) is 0 Å². The highest BCUT2D eigenvalue weighted by molar-refractivity contribution is 6.02. The Balaban J connectivity index is 2.34. The van der Waals surface area contributed by atoms with E-state index in [-0.39, 0.29) is 12.3 Å². The molecule has 0 spiro atoms. The molecule has 1 aromatic rings. The summed E-state index contributed by atoms with van der Waals surface area (Å²) < 4.78 is 0. The number of nitrogens with zero attached hydrogens (tertiary/aromatic N) is 1. The van der Waals surface area contributed by atoms with Crippen molar-refractivity contribution in [3.63, 3.8) is 0 Å². The van der Waals surface area contributed by atoms with Crippen molar-refractivity contribution >= 4 is 17.6 Å². The minimum atomic E-state index is -0.987. The van der Waals surface area contributed by atoms with Crippen molar-refractivity contribution < 1.29 is 14.7 Å². The van der Waals surface area contributed by atoms with E-state index in [1.807, 2.05) is 12.1 Å². The number of para-hydroxylation sites is 1. The van der Waals surface area contributed by atoms with Crippen molar-refractivity contribution in [2.75, 3.05) is 4.90 Å². The van der Waals surface area contributed by atoms with Crippen LogP contribution >= 0.6 is 0 Å². The molecule has 1 aliphatic rings. The molecule has 0 bridgehead atoms. The number of aliphatic carboxylic acids is 1.